The number of anilines is 3. The van der Waals surface area contributed by atoms with E-state index in [0.29, 0.717) is 18.8 Å². The minimum absolute atomic E-state index is 0.234. The summed E-state index contributed by atoms with van der Waals surface area (Å²) in [6.45, 7) is 4.44. The monoisotopic (exact) mass is 413 g/mol. The summed E-state index contributed by atoms with van der Waals surface area (Å²) in [6.07, 6.45) is 0. The highest BCUT2D eigenvalue weighted by molar-refractivity contribution is 6.39. The van der Waals surface area contributed by atoms with Crippen molar-refractivity contribution in [3.05, 3.63) is 54.3 Å². The zero-order chi connectivity index (χ0) is 21.5. The van der Waals surface area contributed by atoms with Crippen LogP contribution in [0.2, 0.25) is 0 Å². The molecular weight excluding hydrogens is 385 g/mol. The lowest BCUT2D eigenvalue weighted by atomic mass is 10.2. The van der Waals surface area contributed by atoms with Crippen molar-refractivity contribution in [2.45, 2.75) is 0 Å². The van der Waals surface area contributed by atoms with Gasteiger partial charge >= 0.3 is 11.8 Å². The highest BCUT2D eigenvalue weighted by Crippen LogP contribution is 2.17. The van der Waals surface area contributed by atoms with Crippen molar-refractivity contribution < 1.29 is 14.0 Å². The van der Waals surface area contributed by atoms with Crippen molar-refractivity contribution in [3.8, 4) is 0 Å². The first kappa shape index (κ1) is 21.6. The predicted molar refractivity (Wildman–Crippen MR) is 117 cm³/mol. The minimum atomic E-state index is -0.672. The molecule has 0 spiro atoms. The average Bonchev–Trinajstić information content (AvgIpc) is 2.75. The second-order valence-electron chi connectivity index (χ2n) is 7.46. The minimum Gasteiger partial charge on any atom is -0.378 e. The molecule has 0 aliphatic carbocycles. The smallest absolute Gasteiger partial charge is 0.313 e. The van der Waals surface area contributed by atoms with E-state index in [1.807, 2.05) is 31.1 Å². The van der Waals surface area contributed by atoms with Gasteiger partial charge in [0.25, 0.3) is 0 Å². The Hall–Kier alpha value is -3.13. The van der Waals surface area contributed by atoms with Crippen LogP contribution in [-0.4, -0.2) is 70.1 Å². The average molecular weight is 413 g/mol. The molecule has 2 amide bonds. The van der Waals surface area contributed by atoms with Crippen LogP contribution in [0.4, 0.5) is 21.5 Å². The number of benzene rings is 2. The molecule has 30 heavy (non-hydrogen) atoms. The van der Waals surface area contributed by atoms with E-state index < -0.39 is 11.8 Å². The third-order valence-electron chi connectivity index (χ3n) is 5.13. The maximum absolute atomic E-state index is 13.1. The van der Waals surface area contributed by atoms with E-state index in [4.69, 9.17) is 0 Å². The van der Waals surface area contributed by atoms with Crippen LogP contribution in [0.5, 0.6) is 0 Å². The Balaban J connectivity index is 1.36. The summed E-state index contributed by atoms with van der Waals surface area (Å²) < 4.78 is 13.1. The highest BCUT2D eigenvalue weighted by Gasteiger charge is 2.18. The van der Waals surface area contributed by atoms with Gasteiger partial charge in [0.1, 0.15) is 5.82 Å². The van der Waals surface area contributed by atoms with Crippen molar-refractivity contribution in [1.82, 2.24) is 10.2 Å². The molecule has 160 valence electrons. The molecule has 2 aromatic carbocycles. The molecule has 1 heterocycles. The lowest BCUT2D eigenvalue weighted by Gasteiger charge is -2.36. The van der Waals surface area contributed by atoms with Crippen LogP contribution in [0.25, 0.3) is 0 Å². The first-order valence-electron chi connectivity index (χ1n) is 10.0. The molecular formula is C22H28FN5O2. The Morgan fingerprint density at radius 3 is 2.17 bits per heavy atom. The molecule has 8 heteroatoms. The summed E-state index contributed by atoms with van der Waals surface area (Å²) in [5.74, 6) is -1.55. The molecule has 2 N–H and O–H groups in total. The fourth-order valence-electron chi connectivity index (χ4n) is 3.32. The fraction of sp³-hybridized carbons (Fsp3) is 0.364. The van der Waals surface area contributed by atoms with Crippen LogP contribution in [0.15, 0.2) is 48.5 Å². The number of rotatable bonds is 6. The van der Waals surface area contributed by atoms with E-state index in [-0.39, 0.29) is 5.82 Å². The van der Waals surface area contributed by atoms with Crippen molar-refractivity contribution in [2.24, 2.45) is 0 Å². The molecule has 1 aliphatic heterocycles. The first-order valence-corrected chi connectivity index (χ1v) is 10.0. The second-order valence-corrected chi connectivity index (χ2v) is 7.46. The third-order valence-corrected chi connectivity index (χ3v) is 5.13. The van der Waals surface area contributed by atoms with Gasteiger partial charge in [-0.25, -0.2) is 4.39 Å². The van der Waals surface area contributed by atoms with Crippen LogP contribution >= 0.6 is 0 Å². The number of nitrogens with one attached hydrogen (secondary N) is 2. The number of halogens is 1. The third kappa shape index (κ3) is 5.93. The Bertz CT molecular complexity index is 847. The molecule has 3 rings (SSSR count). The topological polar surface area (TPSA) is 67.9 Å². The second kappa shape index (κ2) is 10.1. The quantitative estimate of drug-likeness (QED) is 0.707. The van der Waals surface area contributed by atoms with Gasteiger partial charge in [-0.05, 0) is 48.5 Å². The molecule has 0 saturated carbocycles. The Morgan fingerprint density at radius 2 is 1.57 bits per heavy atom. The van der Waals surface area contributed by atoms with Crippen LogP contribution in [0, 0.1) is 5.82 Å². The predicted octanol–water partition coefficient (Wildman–Crippen LogP) is 1.77. The fourth-order valence-corrected chi connectivity index (χ4v) is 3.32. The van der Waals surface area contributed by atoms with Crippen LogP contribution in [0.1, 0.15) is 0 Å². The number of amides is 2. The normalized spacial score (nSPS) is 14.3. The van der Waals surface area contributed by atoms with E-state index in [1.54, 1.807) is 24.3 Å². The van der Waals surface area contributed by atoms with Gasteiger partial charge in [0.05, 0.1) is 0 Å². The lowest BCUT2D eigenvalue weighted by Crippen LogP contribution is -2.49. The van der Waals surface area contributed by atoms with Gasteiger partial charge in [0.2, 0.25) is 0 Å². The zero-order valence-electron chi connectivity index (χ0n) is 17.4. The lowest BCUT2D eigenvalue weighted by molar-refractivity contribution is -0.136. The molecule has 2 aromatic rings. The van der Waals surface area contributed by atoms with Crippen molar-refractivity contribution >= 4 is 28.9 Å². The molecule has 1 aliphatic rings. The maximum atomic E-state index is 13.1. The van der Waals surface area contributed by atoms with Crippen molar-refractivity contribution in [2.75, 3.05) is 68.5 Å². The van der Waals surface area contributed by atoms with Crippen molar-refractivity contribution in [3.63, 3.8) is 0 Å². The van der Waals surface area contributed by atoms with E-state index in [0.717, 1.165) is 37.6 Å². The van der Waals surface area contributed by atoms with E-state index >= 15 is 0 Å². The summed E-state index contributed by atoms with van der Waals surface area (Å²) in [5.41, 5.74) is 2.61. The number of hydrogen-bond donors (Lipinski definition) is 2. The molecule has 0 atom stereocenters. The van der Waals surface area contributed by atoms with E-state index in [2.05, 4.69) is 20.4 Å². The number of hydrogen-bond acceptors (Lipinski definition) is 5. The van der Waals surface area contributed by atoms with Gasteiger partial charge in [0, 0.05) is 70.4 Å². The van der Waals surface area contributed by atoms with Crippen LogP contribution in [0.3, 0.4) is 0 Å². The summed E-state index contributed by atoms with van der Waals surface area (Å²) in [4.78, 5) is 30.5. The van der Waals surface area contributed by atoms with Gasteiger partial charge in [-0.2, -0.15) is 0 Å². The Labute approximate surface area is 176 Å². The maximum Gasteiger partial charge on any atom is 0.313 e. The van der Waals surface area contributed by atoms with Gasteiger partial charge in [-0.1, -0.05) is 0 Å². The molecule has 1 saturated heterocycles. The summed E-state index contributed by atoms with van der Waals surface area (Å²) in [7, 11) is 3.87. The van der Waals surface area contributed by atoms with Gasteiger partial charge in [0.15, 0.2) is 0 Å². The van der Waals surface area contributed by atoms with Gasteiger partial charge in [-0.3, -0.25) is 14.5 Å². The zero-order valence-corrected chi connectivity index (χ0v) is 17.4. The molecule has 0 bridgehead atoms. The summed E-state index contributed by atoms with van der Waals surface area (Å²) in [5, 5.41) is 5.28. The van der Waals surface area contributed by atoms with E-state index in [1.165, 1.54) is 12.1 Å². The van der Waals surface area contributed by atoms with Crippen LogP contribution < -0.4 is 20.4 Å². The van der Waals surface area contributed by atoms with Crippen molar-refractivity contribution in [1.29, 1.82) is 0 Å². The summed E-state index contributed by atoms with van der Waals surface area (Å²) in [6, 6.07) is 13.8. The molecule has 7 nitrogen and oxygen atoms in total. The SMILES string of the molecule is CN(C)c1ccc(NC(=O)C(=O)NCCN2CCN(c3ccc(F)cc3)CC2)cc1. The van der Waals surface area contributed by atoms with Crippen LogP contribution in [-0.2, 0) is 9.59 Å². The molecule has 0 unspecified atom stereocenters. The van der Waals surface area contributed by atoms with Gasteiger partial charge in [-0.15, -0.1) is 0 Å². The van der Waals surface area contributed by atoms with Gasteiger partial charge < -0.3 is 20.4 Å². The summed E-state index contributed by atoms with van der Waals surface area (Å²) >= 11 is 0. The number of piperazine rings is 1. The number of carbonyl (C=O) groups is 2. The first-order chi connectivity index (χ1) is 14.4. The molecule has 0 aromatic heterocycles. The number of carbonyl (C=O) groups excluding carboxylic acids is 2. The molecule has 1 fully saturated rings. The molecule has 0 radical (unpaired) electrons. The highest BCUT2D eigenvalue weighted by atomic mass is 19.1. The van der Waals surface area contributed by atoms with E-state index in [9.17, 15) is 14.0 Å². The largest absolute Gasteiger partial charge is 0.378 e. The number of nitrogens with zero attached hydrogens (tertiary/aromatic N) is 3. The Morgan fingerprint density at radius 1 is 0.933 bits per heavy atom. The standard InChI is InChI=1S/C22H28FN5O2/c1-26(2)19-9-5-18(6-10-19)25-22(30)21(29)24-11-12-27-13-15-28(16-14-27)20-7-3-17(23)4-8-20/h3-10H,11-16H2,1-2H3,(H,24,29)(H,25,30). The Kier molecular flexibility index (Phi) is 7.24.